The van der Waals surface area contributed by atoms with Crippen LogP contribution in [0.25, 0.3) is 0 Å². The Morgan fingerprint density at radius 3 is 2.47 bits per heavy atom. The number of anilines is 1. The molecule has 1 fully saturated rings. The van der Waals surface area contributed by atoms with Gasteiger partial charge in [-0.1, -0.05) is 24.4 Å². The Balaban J connectivity index is 1.96. The Kier molecular flexibility index (Phi) is 4.02. The molecule has 0 aromatic heterocycles. The highest BCUT2D eigenvalue weighted by atomic mass is 35.5. The molecular weight excluding hydrogens is 238 g/mol. The zero-order chi connectivity index (χ0) is 12.3. The molecule has 0 bridgehead atoms. The van der Waals surface area contributed by atoms with Gasteiger partial charge >= 0.3 is 0 Å². The van der Waals surface area contributed by atoms with E-state index in [4.69, 9.17) is 11.6 Å². The predicted octanol–water partition coefficient (Wildman–Crippen LogP) is 3.64. The lowest BCUT2D eigenvalue weighted by Crippen LogP contribution is -2.28. The fourth-order valence-corrected chi connectivity index (χ4v) is 2.40. The van der Waals surface area contributed by atoms with Crippen LogP contribution in [-0.2, 0) is 4.79 Å². The molecule has 17 heavy (non-hydrogen) atoms. The van der Waals surface area contributed by atoms with Gasteiger partial charge in [0.2, 0.25) is 0 Å². The predicted molar refractivity (Wildman–Crippen MR) is 67.3 cm³/mol. The Morgan fingerprint density at radius 2 is 1.88 bits per heavy atom. The van der Waals surface area contributed by atoms with Crippen molar-refractivity contribution in [2.75, 3.05) is 5.06 Å². The van der Waals surface area contributed by atoms with Crippen LogP contribution in [0.5, 0.6) is 0 Å². The quantitative estimate of drug-likeness (QED) is 0.660. The third-order valence-electron chi connectivity index (χ3n) is 3.25. The summed E-state index contributed by atoms with van der Waals surface area (Å²) in [6, 6.07) is 6.58. The molecule has 1 amide bonds. The summed E-state index contributed by atoms with van der Waals surface area (Å²) in [5.41, 5.74) is 0.470. The molecule has 0 unspecified atom stereocenters. The van der Waals surface area contributed by atoms with Crippen molar-refractivity contribution in [3.05, 3.63) is 29.3 Å². The summed E-state index contributed by atoms with van der Waals surface area (Å²) >= 11 is 5.75. The number of benzene rings is 1. The highest BCUT2D eigenvalue weighted by Crippen LogP contribution is 2.28. The standard InChI is InChI=1S/C13H16ClNO2/c14-11-5-7-12(8-6-11)15(17)13(16)9-10-3-1-2-4-10/h5-8,10,17H,1-4,9H2. The maximum Gasteiger partial charge on any atom is 0.250 e. The number of nitrogens with zero attached hydrogens (tertiary/aromatic N) is 1. The van der Waals surface area contributed by atoms with Crippen LogP contribution in [0.3, 0.4) is 0 Å². The third kappa shape index (κ3) is 3.20. The Bertz CT molecular complexity index is 385. The number of rotatable bonds is 3. The number of halogens is 1. The summed E-state index contributed by atoms with van der Waals surface area (Å²) in [7, 11) is 0. The largest absolute Gasteiger partial charge is 0.281 e. The van der Waals surface area contributed by atoms with Crippen LogP contribution in [0, 0.1) is 5.92 Å². The van der Waals surface area contributed by atoms with E-state index in [1.54, 1.807) is 24.3 Å². The Morgan fingerprint density at radius 1 is 1.29 bits per heavy atom. The summed E-state index contributed by atoms with van der Waals surface area (Å²) < 4.78 is 0. The lowest BCUT2D eigenvalue weighted by Gasteiger charge is -2.17. The van der Waals surface area contributed by atoms with Crippen LogP contribution in [0.1, 0.15) is 32.1 Å². The molecule has 1 aromatic rings. The molecule has 0 saturated heterocycles. The van der Waals surface area contributed by atoms with Gasteiger partial charge < -0.3 is 0 Å². The number of hydrogen-bond donors (Lipinski definition) is 1. The van der Waals surface area contributed by atoms with Gasteiger partial charge in [0, 0.05) is 11.4 Å². The van der Waals surface area contributed by atoms with Crippen molar-refractivity contribution >= 4 is 23.2 Å². The molecule has 0 radical (unpaired) electrons. The number of hydroxylamine groups is 1. The fraction of sp³-hybridized carbons (Fsp3) is 0.462. The second-order valence-corrected chi connectivity index (χ2v) is 4.97. The SMILES string of the molecule is O=C(CC1CCCC1)N(O)c1ccc(Cl)cc1. The van der Waals surface area contributed by atoms with Gasteiger partial charge in [-0.2, -0.15) is 5.06 Å². The molecule has 0 heterocycles. The topological polar surface area (TPSA) is 40.5 Å². The van der Waals surface area contributed by atoms with E-state index in [-0.39, 0.29) is 5.91 Å². The van der Waals surface area contributed by atoms with Gasteiger partial charge in [-0.15, -0.1) is 0 Å². The first-order valence-corrected chi connectivity index (χ1v) is 6.32. The zero-order valence-corrected chi connectivity index (χ0v) is 10.4. The Hall–Kier alpha value is -1.06. The second kappa shape index (κ2) is 5.52. The zero-order valence-electron chi connectivity index (χ0n) is 9.60. The van der Waals surface area contributed by atoms with E-state index >= 15 is 0 Å². The smallest absolute Gasteiger partial charge is 0.250 e. The summed E-state index contributed by atoms with van der Waals surface area (Å²) in [4.78, 5) is 11.8. The maximum atomic E-state index is 11.8. The number of carbonyl (C=O) groups excluding carboxylic acids is 1. The van der Waals surface area contributed by atoms with Crippen LogP contribution in [0.2, 0.25) is 5.02 Å². The van der Waals surface area contributed by atoms with Crippen molar-refractivity contribution in [1.82, 2.24) is 0 Å². The van der Waals surface area contributed by atoms with E-state index in [0.29, 0.717) is 23.0 Å². The van der Waals surface area contributed by atoms with E-state index in [2.05, 4.69) is 0 Å². The summed E-state index contributed by atoms with van der Waals surface area (Å²) in [6.45, 7) is 0. The minimum absolute atomic E-state index is 0.237. The molecule has 0 atom stereocenters. The van der Waals surface area contributed by atoms with Crippen LogP contribution in [0.4, 0.5) is 5.69 Å². The van der Waals surface area contributed by atoms with Crippen molar-refractivity contribution in [3.8, 4) is 0 Å². The molecule has 92 valence electrons. The van der Waals surface area contributed by atoms with Gasteiger partial charge in [-0.25, -0.2) is 0 Å². The average Bonchev–Trinajstić information content (AvgIpc) is 2.82. The average molecular weight is 254 g/mol. The normalized spacial score (nSPS) is 16.1. The Labute approximate surface area is 106 Å². The van der Waals surface area contributed by atoms with Crippen LogP contribution < -0.4 is 5.06 Å². The van der Waals surface area contributed by atoms with E-state index in [9.17, 15) is 10.0 Å². The van der Waals surface area contributed by atoms with Gasteiger partial charge in [-0.3, -0.25) is 10.0 Å². The number of amides is 1. The van der Waals surface area contributed by atoms with Crippen molar-refractivity contribution < 1.29 is 10.0 Å². The third-order valence-corrected chi connectivity index (χ3v) is 3.50. The molecule has 4 heteroatoms. The van der Waals surface area contributed by atoms with Crippen LogP contribution in [0.15, 0.2) is 24.3 Å². The molecule has 1 saturated carbocycles. The number of carbonyl (C=O) groups is 1. The lowest BCUT2D eigenvalue weighted by molar-refractivity contribution is -0.124. The molecule has 2 rings (SSSR count). The summed E-state index contributed by atoms with van der Waals surface area (Å²) in [5, 5.41) is 11.1. The van der Waals surface area contributed by atoms with E-state index < -0.39 is 0 Å². The minimum Gasteiger partial charge on any atom is -0.281 e. The van der Waals surface area contributed by atoms with Crippen LogP contribution in [-0.4, -0.2) is 11.1 Å². The van der Waals surface area contributed by atoms with E-state index in [0.717, 1.165) is 17.9 Å². The lowest BCUT2D eigenvalue weighted by atomic mass is 10.0. The highest BCUT2D eigenvalue weighted by molar-refractivity contribution is 6.30. The van der Waals surface area contributed by atoms with Gasteiger partial charge in [0.05, 0.1) is 5.69 Å². The molecule has 1 aliphatic rings. The molecular formula is C13H16ClNO2. The van der Waals surface area contributed by atoms with Crippen molar-refractivity contribution in [1.29, 1.82) is 0 Å². The highest BCUT2D eigenvalue weighted by Gasteiger charge is 2.22. The van der Waals surface area contributed by atoms with Crippen molar-refractivity contribution in [3.63, 3.8) is 0 Å². The van der Waals surface area contributed by atoms with E-state index in [1.165, 1.54) is 12.8 Å². The first-order chi connectivity index (χ1) is 8.16. The fourth-order valence-electron chi connectivity index (χ4n) is 2.27. The molecule has 1 aromatic carbocycles. The maximum absolute atomic E-state index is 11.8. The first kappa shape index (κ1) is 12.4. The molecule has 1 N–H and O–H groups in total. The van der Waals surface area contributed by atoms with Gasteiger partial charge in [-0.05, 0) is 43.0 Å². The van der Waals surface area contributed by atoms with Gasteiger partial charge in [0.1, 0.15) is 0 Å². The van der Waals surface area contributed by atoms with Crippen molar-refractivity contribution in [2.24, 2.45) is 5.92 Å². The monoisotopic (exact) mass is 253 g/mol. The van der Waals surface area contributed by atoms with Crippen LogP contribution >= 0.6 is 11.6 Å². The van der Waals surface area contributed by atoms with Gasteiger partial charge in [0.25, 0.3) is 5.91 Å². The minimum atomic E-state index is -0.237. The van der Waals surface area contributed by atoms with Crippen molar-refractivity contribution in [2.45, 2.75) is 32.1 Å². The second-order valence-electron chi connectivity index (χ2n) is 4.54. The summed E-state index contributed by atoms with van der Waals surface area (Å²) in [5.74, 6) is 0.198. The van der Waals surface area contributed by atoms with E-state index in [1.807, 2.05) is 0 Å². The molecule has 0 spiro atoms. The summed E-state index contributed by atoms with van der Waals surface area (Å²) in [6.07, 6.45) is 5.02. The molecule has 3 nitrogen and oxygen atoms in total. The molecule has 1 aliphatic carbocycles. The number of hydrogen-bond acceptors (Lipinski definition) is 2. The first-order valence-electron chi connectivity index (χ1n) is 5.94. The van der Waals surface area contributed by atoms with Gasteiger partial charge in [0.15, 0.2) is 0 Å². The molecule has 0 aliphatic heterocycles.